The van der Waals surface area contributed by atoms with E-state index in [0.717, 1.165) is 21.3 Å². The summed E-state index contributed by atoms with van der Waals surface area (Å²) in [4.78, 5) is 47.1. The quantitative estimate of drug-likeness (QED) is 0.0964. The van der Waals surface area contributed by atoms with Crippen LogP contribution in [-0.2, 0) is 10.2 Å². The fourth-order valence-corrected chi connectivity index (χ4v) is 6.58. The van der Waals surface area contributed by atoms with E-state index in [9.17, 15) is 23.2 Å². The molecular formula is C39H27F3N12O6. The lowest BCUT2D eigenvalue weighted by Crippen LogP contribution is -2.30. The number of nitrogens with one attached hydrogen (secondary N) is 2. The predicted molar refractivity (Wildman–Crippen MR) is 204 cm³/mol. The van der Waals surface area contributed by atoms with Crippen molar-refractivity contribution in [2.24, 2.45) is 16.1 Å². The van der Waals surface area contributed by atoms with Crippen LogP contribution in [0.1, 0.15) is 24.0 Å². The highest BCUT2D eigenvalue weighted by Gasteiger charge is 2.53. The number of alkyl halides is 2. The number of carbonyl (C=O) groups excluding carboxylic acids is 2. The normalized spacial score (nSPS) is 14.6. The van der Waals surface area contributed by atoms with Crippen molar-refractivity contribution in [3.05, 3.63) is 124 Å². The van der Waals surface area contributed by atoms with E-state index >= 15 is 4.39 Å². The standard InChI is InChI=1S/C39H27F3N12O6/c1-20-8-13-31(45-35(55)38(14-15-38)23-9-12-29-30(18-23)59-39(41,42)58-29)44-32(20)21-4-2-6-25(16-21)53(36(43)56)51-47-24-10-11-27(28(40)19-24)34-46-33(49-60-34)22-5-3-7-26(17-22)54-37(57)48-50-52-54/h2-13,16-19H,14-15H2,1H3,(H2,43,56)(H,44,45,55)(H,48,52,57). The van der Waals surface area contributed by atoms with E-state index in [1.165, 1.54) is 24.3 Å². The van der Waals surface area contributed by atoms with Crippen LogP contribution in [0.4, 0.5) is 35.2 Å². The summed E-state index contributed by atoms with van der Waals surface area (Å²) in [6, 6.07) is 23.6. The zero-order valence-electron chi connectivity index (χ0n) is 30.8. The molecule has 3 amide bonds. The molecule has 4 heterocycles. The van der Waals surface area contributed by atoms with Crippen LogP contribution < -0.4 is 31.2 Å². The van der Waals surface area contributed by atoms with Crippen LogP contribution in [0.15, 0.2) is 117 Å². The molecule has 21 heteroatoms. The molecule has 3 aromatic heterocycles. The van der Waals surface area contributed by atoms with Crippen molar-refractivity contribution >= 4 is 29.1 Å². The van der Waals surface area contributed by atoms with Crippen molar-refractivity contribution in [3.63, 3.8) is 0 Å². The molecule has 1 aliphatic carbocycles. The number of amides is 3. The maximum absolute atomic E-state index is 15.4. The van der Waals surface area contributed by atoms with Crippen molar-refractivity contribution in [1.29, 1.82) is 0 Å². The van der Waals surface area contributed by atoms with Gasteiger partial charge in [-0.3, -0.25) is 4.79 Å². The number of urea groups is 1. The van der Waals surface area contributed by atoms with Crippen molar-refractivity contribution < 1.29 is 36.8 Å². The first-order valence-electron chi connectivity index (χ1n) is 17.9. The average molecular weight is 817 g/mol. The summed E-state index contributed by atoms with van der Waals surface area (Å²) < 4.78 is 58.1. The van der Waals surface area contributed by atoms with Gasteiger partial charge in [-0.05, 0) is 95.9 Å². The summed E-state index contributed by atoms with van der Waals surface area (Å²) in [5, 5.41) is 25.0. The van der Waals surface area contributed by atoms with Crippen LogP contribution >= 0.6 is 0 Å². The Morgan fingerprint density at radius 1 is 0.933 bits per heavy atom. The number of anilines is 2. The fourth-order valence-electron chi connectivity index (χ4n) is 6.58. The summed E-state index contributed by atoms with van der Waals surface area (Å²) in [6.45, 7) is 1.81. The minimum atomic E-state index is -3.78. The number of aryl methyl sites for hydroxylation is 1. The molecule has 0 bridgehead atoms. The van der Waals surface area contributed by atoms with E-state index < -0.39 is 29.2 Å². The lowest BCUT2D eigenvalue weighted by molar-refractivity contribution is -0.286. The van der Waals surface area contributed by atoms with Gasteiger partial charge in [0.15, 0.2) is 11.5 Å². The van der Waals surface area contributed by atoms with Crippen LogP contribution in [-0.4, -0.2) is 53.6 Å². The highest BCUT2D eigenvalue weighted by molar-refractivity contribution is 6.01. The van der Waals surface area contributed by atoms with E-state index in [1.54, 1.807) is 66.7 Å². The molecule has 7 aromatic rings. The molecule has 1 aliphatic heterocycles. The zero-order chi connectivity index (χ0) is 41.8. The lowest BCUT2D eigenvalue weighted by Gasteiger charge is -2.17. The number of ether oxygens (including phenoxy) is 2. The Kier molecular flexibility index (Phi) is 8.90. The van der Waals surface area contributed by atoms with Gasteiger partial charge in [-0.15, -0.1) is 13.9 Å². The summed E-state index contributed by atoms with van der Waals surface area (Å²) in [5.74, 6) is -1.20. The molecule has 0 saturated heterocycles. The molecular weight excluding hydrogens is 790 g/mol. The van der Waals surface area contributed by atoms with Gasteiger partial charge in [-0.2, -0.15) is 14.7 Å². The first-order valence-corrected chi connectivity index (χ1v) is 17.9. The van der Waals surface area contributed by atoms with Gasteiger partial charge in [0, 0.05) is 17.2 Å². The van der Waals surface area contributed by atoms with E-state index in [2.05, 4.69) is 55.8 Å². The van der Waals surface area contributed by atoms with Crippen molar-refractivity contribution in [2.75, 3.05) is 10.3 Å². The number of nitrogens with zero attached hydrogens (tertiary/aromatic N) is 9. The molecule has 0 radical (unpaired) electrons. The van der Waals surface area contributed by atoms with Gasteiger partial charge in [0.2, 0.25) is 11.7 Å². The maximum atomic E-state index is 15.4. The number of nitrogens with two attached hydrogens (primary N) is 1. The third-order valence-electron chi connectivity index (χ3n) is 9.73. The Bertz CT molecular complexity index is 2940. The molecule has 1 fully saturated rings. The van der Waals surface area contributed by atoms with E-state index in [0.29, 0.717) is 40.9 Å². The number of fused-ring (bicyclic) bond motifs is 1. The second kappa shape index (κ2) is 14.3. The molecule has 2 aliphatic rings. The molecule has 4 N–H and O–H groups in total. The smallest absolute Gasteiger partial charge is 0.395 e. The molecule has 60 heavy (non-hydrogen) atoms. The summed E-state index contributed by atoms with van der Waals surface area (Å²) >= 11 is 0. The average Bonchev–Trinajstić information content (AvgIpc) is 3.51. The number of aromatic amines is 1. The number of rotatable bonds is 10. The number of pyridine rings is 1. The highest BCUT2D eigenvalue weighted by Crippen LogP contribution is 2.52. The van der Waals surface area contributed by atoms with Gasteiger partial charge in [-0.1, -0.05) is 46.8 Å². The number of benzene rings is 4. The monoisotopic (exact) mass is 816 g/mol. The highest BCUT2D eigenvalue weighted by atomic mass is 19.3. The minimum Gasteiger partial charge on any atom is -0.395 e. The van der Waals surface area contributed by atoms with Gasteiger partial charge in [-0.25, -0.2) is 24.1 Å². The Labute approximate surface area is 334 Å². The predicted octanol–water partition coefficient (Wildman–Crippen LogP) is 6.76. The summed E-state index contributed by atoms with van der Waals surface area (Å²) in [7, 11) is 0. The lowest BCUT2D eigenvalue weighted by atomic mass is 9.94. The van der Waals surface area contributed by atoms with Gasteiger partial charge >= 0.3 is 18.0 Å². The van der Waals surface area contributed by atoms with Crippen LogP contribution in [0.3, 0.4) is 0 Å². The van der Waals surface area contributed by atoms with Crippen LogP contribution in [0.2, 0.25) is 0 Å². The maximum Gasteiger partial charge on any atom is 0.586 e. The van der Waals surface area contributed by atoms with Crippen LogP contribution in [0, 0.1) is 12.7 Å². The second-order valence-corrected chi connectivity index (χ2v) is 13.7. The largest absolute Gasteiger partial charge is 0.586 e. The van der Waals surface area contributed by atoms with Gasteiger partial charge < -0.3 is 25.0 Å². The molecule has 4 aromatic carbocycles. The number of primary amides is 1. The molecule has 300 valence electrons. The number of tetrazole rings is 1. The Morgan fingerprint density at radius 3 is 2.50 bits per heavy atom. The minimum absolute atomic E-state index is 0.0252. The van der Waals surface area contributed by atoms with E-state index in [4.69, 9.17) is 10.3 Å². The molecule has 0 unspecified atom stereocenters. The fraction of sp³-hybridized carbons (Fsp3) is 0.128. The van der Waals surface area contributed by atoms with Crippen molar-refractivity contribution in [2.45, 2.75) is 31.5 Å². The van der Waals surface area contributed by atoms with Crippen LogP contribution in [0.5, 0.6) is 11.5 Å². The first-order chi connectivity index (χ1) is 28.9. The SMILES string of the molecule is Cc1ccc(NC(=O)C2(c3ccc4c(c3)OC(F)(F)O4)CC2)nc1-c1cccc(N(N=Nc2ccc(-c3nc(-c4cccc(-n5nn[nH]c5=O)c4)no3)c(F)c2)C(N)=O)c1. The molecule has 18 nitrogen and oxygen atoms in total. The number of aromatic nitrogens is 7. The number of H-pyrrole nitrogens is 1. The molecule has 1 saturated carbocycles. The summed E-state index contributed by atoms with van der Waals surface area (Å²) in [6.07, 6.45) is -2.82. The Morgan fingerprint density at radius 2 is 1.73 bits per heavy atom. The van der Waals surface area contributed by atoms with E-state index in [1.807, 2.05) is 6.92 Å². The first kappa shape index (κ1) is 37.4. The third kappa shape index (κ3) is 7.03. The molecule has 0 spiro atoms. The van der Waals surface area contributed by atoms with Gasteiger partial charge in [0.25, 0.3) is 5.89 Å². The number of carbonyl (C=O) groups is 2. The van der Waals surface area contributed by atoms with Gasteiger partial charge in [0.1, 0.15) is 11.6 Å². The van der Waals surface area contributed by atoms with E-state index in [-0.39, 0.29) is 51.9 Å². The number of hydrogen-bond acceptors (Lipinski definition) is 13. The van der Waals surface area contributed by atoms with Gasteiger partial charge in [0.05, 0.1) is 33.7 Å². The number of hydrogen-bond donors (Lipinski definition) is 3. The molecule has 0 atom stereocenters. The topological polar surface area (TPSA) is 234 Å². The van der Waals surface area contributed by atoms with Crippen molar-refractivity contribution in [1.82, 2.24) is 35.3 Å². The number of halogens is 3. The third-order valence-corrected chi connectivity index (χ3v) is 9.73. The Hall–Kier alpha value is -8.23. The second-order valence-electron chi connectivity index (χ2n) is 13.7. The van der Waals surface area contributed by atoms with Crippen molar-refractivity contribution in [3.8, 4) is 51.3 Å². The zero-order valence-corrected chi connectivity index (χ0v) is 30.8. The molecule has 9 rings (SSSR count). The Balaban J connectivity index is 0.908. The van der Waals surface area contributed by atoms with Crippen LogP contribution in [0.25, 0.3) is 39.8 Å². The summed E-state index contributed by atoms with van der Waals surface area (Å²) in [5.41, 5.74) is 7.46.